The van der Waals surface area contributed by atoms with Gasteiger partial charge in [0, 0.05) is 19.6 Å². The minimum atomic E-state index is -0.206. The summed E-state index contributed by atoms with van der Waals surface area (Å²) in [5.74, 6) is 1.28. The highest BCUT2D eigenvalue weighted by Crippen LogP contribution is 2.39. The van der Waals surface area contributed by atoms with Gasteiger partial charge in [0.1, 0.15) is 10.0 Å². The number of likely N-dealkylation sites (N-methyl/N-ethyl adjacent to an activating group) is 1. The van der Waals surface area contributed by atoms with Gasteiger partial charge in [-0.25, -0.2) is 0 Å². The summed E-state index contributed by atoms with van der Waals surface area (Å²) in [7, 11) is 2.04. The first-order valence-electron chi connectivity index (χ1n) is 9.46. The van der Waals surface area contributed by atoms with Gasteiger partial charge in [-0.1, -0.05) is 29.3 Å². The molecular weight excluding hydrogens is 449 g/mol. The molecule has 2 atom stereocenters. The SMILES string of the molecule is CN1CC(CNC(=O)c2cc3sc(Cl)c(Cl)c3[nH]2)OC(c2ccc3c(c2)OCO3)C1. The summed E-state index contributed by atoms with van der Waals surface area (Å²) >= 11 is 13.5. The van der Waals surface area contributed by atoms with E-state index in [1.807, 2.05) is 25.2 Å². The van der Waals surface area contributed by atoms with E-state index < -0.39 is 0 Å². The molecule has 1 fully saturated rings. The fraction of sp³-hybridized carbons (Fsp3) is 0.350. The summed E-state index contributed by atoms with van der Waals surface area (Å²) in [5.41, 5.74) is 2.16. The molecule has 1 aromatic carbocycles. The standard InChI is InChI=1S/C20H19Cl2N3O4S/c1-25-7-11(29-15(8-25)10-2-3-13-14(4-10)28-9-27-13)6-23-20(26)12-5-16-18(24-12)17(21)19(22)30-16/h2-5,11,15,24H,6-9H2,1H3,(H,23,26). The van der Waals surface area contributed by atoms with Crippen molar-refractivity contribution in [3.8, 4) is 11.5 Å². The highest BCUT2D eigenvalue weighted by molar-refractivity contribution is 7.23. The number of carbonyl (C=O) groups is 1. The van der Waals surface area contributed by atoms with E-state index in [0.29, 0.717) is 27.1 Å². The zero-order valence-electron chi connectivity index (χ0n) is 16.0. The third-order valence-electron chi connectivity index (χ3n) is 5.23. The molecule has 0 aliphatic carbocycles. The largest absolute Gasteiger partial charge is 0.454 e. The van der Waals surface area contributed by atoms with Crippen molar-refractivity contribution in [1.82, 2.24) is 15.2 Å². The van der Waals surface area contributed by atoms with E-state index in [1.165, 1.54) is 11.3 Å². The Balaban J connectivity index is 1.24. The van der Waals surface area contributed by atoms with Gasteiger partial charge < -0.3 is 29.4 Å². The van der Waals surface area contributed by atoms with Crippen molar-refractivity contribution in [3.05, 3.63) is 44.9 Å². The Morgan fingerprint density at radius 3 is 2.93 bits per heavy atom. The van der Waals surface area contributed by atoms with E-state index in [1.54, 1.807) is 6.07 Å². The maximum Gasteiger partial charge on any atom is 0.267 e. The van der Waals surface area contributed by atoms with Crippen molar-refractivity contribution < 1.29 is 19.0 Å². The molecule has 5 rings (SSSR count). The third kappa shape index (κ3) is 3.74. The normalized spacial score (nSPS) is 21.3. The molecule has 10 heteroatoms. The Bertz CT molecular complexity index is 1120. The molecule has 1 amide bonds. The number of hydrogen-bond acceptors (Lipinski definition) is 6. The number of aromatic nitrogens is 1. The number of thiophene rings is 1. The molecule has 2 aliphatic rings. The smallest absolute Gasteiger partial charge is 0.267 e. The molecule has 3 aromatic rings. The molecule has 30 heavy (non-hydrogen) atoms. The number of carbonyl (C=O) groups excluding carboxylic acids is 1. The first-order valence-corrected chi connectivity index (χ1v) is 11.0. The minimum Gasteiger partial charge on any atom is -0.454 e. The minimum absolute atomic E-state index is 0.114. The molecular formula is C20H19Cl2N3O4S. The highest BCUT2D eigenvalue weighted by Gasteiger charge is 2.29. The number of hydrogen-bond donors (Lipinski definition) is 2. The Morgan fingerprint density at radius 1 is 1.27 bits per heavy atom. The van der Waals surface area contributed by atoms with Gasteiger partial charge in [-0.3, -0.25) is 4.79 Å². The van der Waals surface area contributed by atoms with Gasteiger partial charge >= 0.3 is 0 Å². The van der Waals surface area contributed by atoms with E-state index in [-0.39, 0.29) is 24.9 Å². The number of rotatable bonds is 4. The summed E-state index contributed by atoms with van der Waals surface area (Å²) in [4.78, 5) is 17.8. The lowest BCUT2D eigenvalue weighted by molar-refractivity contribution is -0.0780. The molecule has 2 unspecified atom stereocenters. The number of morpholine rings is 1. The fourth-order valence-electron chi connectivity index (χ4n) is 3.78. The number of H-pyrrole nitrogens is 1. The van der Waals surface area contributed by atoms with Crippen molar-refractivity contribution in [2.24, 2.45) is 0 Å². The van der Waals surface area contributed by atoms with E-state index >= 15 is 0 Å². The lowest BCUT2D eigenvalue weighted by Crippen LogP contribution is -2.47. The molecule has 158 valence electrons. The second-order valence-corrected chi connectivity index (χ2v) is 9.43. The monoisotopic (exact) mass is 467 g/mol. The van der Waals surface area contributed by atoms with Crippen molar-refractivity contribution in [1.29, 1.82) is 0 Å². The quantitative estimate of drug-likeness (QED) is 0.604. The summed E-state index contributed by atoms with van der Waals surface area (Å²) in [6, 6.07) is 7.62. The number of nitrogens with zero attached hydrogens (tertiary/aromatic N) is 1. The van der Waals surface area contributed by atoms with E-state index in [4.69, 9.17) is 37.4 Å². The van der Waals surface area contributed by atoms with Gasteiger partial charge in [0.15, 0.2) is 11.5 Å². The topological polar surface area (TPSA) is 75.8 Å². The van der Waals surface area contributed by atoms with Gasteiger partial charge in [-0.05, 0) is 30.8 Å². The molecule has 0 saturated carbocycles. The van der Waals surface area contributed by atoms with E-state index in [9.17, 15) is 4.79 Å². The van der Waals surface area contributed by atoms with Crippen molar-refractivity contribution >= 4 is 50.7 Å². The first kappa shape index (κ1) is 20.0. The highest BCUT2D eigenvalue weighted by atomic mass is 35.5. The van der Waals surface area contributed by atoms with Crippen LogP contribution in [0.1, 0.15) is 22.2 Å². The molecule has 0 spiro atoms. The number of fused-ring (bicyclic) bond motifs is 2. The third-order valence-corrected chi connectivity index (χ3v) is 7.16. The number of nitrogens with one attached hydrogen (secondary N) is 2. The number of ether oxygens (including phenoxy) is 3. The predicted molar refractivity (Wildman–Crippen MR) is 116 cm³/mol. The average Bonchev–Trinajstić information content (AvgIpc) is 3.42. The molecule has 0 radical (unpaired) electrons. The lowest BCUT2D eigenvalue weighted by atomic mass is 10.1. The summed E-state index contributed by atoms with van der Waals surface area (Å²) < 4.78 is 18.5. The van der Waals surface area contributed by atoms with Gasteiger partial charge in [0.2, 0.25) is 6.79 Å². The summed E-state index contributed by atoms with van der Waals surface area (Å²) in [6.07, 6.45) is -0.255. The number of aromatic amines is 1. The predicted octanol–water partition coefficient (Wildman–Crippen LogP) is 4.07. The van der Waals surface area contributed by atoms with Gasteiger partial charge in [0.05, 0.1) is 27.4 Å². The average molecular weight is 468 g/mol. The summed E-state index contributed by atoms with van der Waals surface area (Å²) in [5, 5.41) is 3.39. The van der Waals surface area contributed by atoms with Crippen molar-refractivity contribution in [2.75, 3.05) is 33.5 Å². The summed E-state index contributed by atoms with van der Waals surface area (Å²) in [6.45, 7) is 2.12. The van der Waals surface area contributed by atoms with E-state index in [0.717, 1.165) is 34.9 Å². The number of amides is 1. The first-order chi connectivity index (χ1) is 14.5. The van der Waals surface area contributed by atoms with Gasteiger partial charge in [0.25, 0.3) is 5.91 Å². The maximum atomic E-state index is 12.6. The van der Waals surface area contributed by atoms with Gasteiger partial charge in [-0.15, -0.1) is 11.3 Å². The zero-order valence-corrected chi connectivity index (χ0v) is 18.4. The number of halogens is 2. The van der Waals surface area contributed by atoms with Crippen LogP contribution in [-0.2, 0) is 4.74 Å². The van der Waals surface area contributed by atoms with Crippen LogP contribution >= 0.6 is 34.5 Å². The van der Waals surface area contributed by atoms with Crippen LogP contribution in [0.4, 0.5) is 0 Å². The van der Waals surface area contributed by atoms with Crippen LogP contribution in [0.2, 0.25) is 9.36 Å². The molecule has 1 saturated heterocycles. The van der Waals surface area contributed by atoms with Crippen LogP contribution in [0, 0.1) is 0 Å². The van der Waals surface area contributed by atoms with Crippen molar-refractivity contribution in [2.45, 2.75) is 12.2 Å². The number of benzene rings is 1. The van der Waals surface area contributed by atoms with Crippen LogP contribution in [-0.4, -0.2) is 55.4 Å². The molecule has 7 nitrogen and oxygen atoms in total. The maximum absolute atomic E-state index is 12.6. The Kier molecular flexibility index (Phi) is 5.28. The Morgan fingerprint density at radius 2 is 2.10 bits per heavy atom. The van der Waals surface area contributed by atoms with Crippen LogP contribution in [0.3, 0.4) is 0 Å². The van der Waals surface area contributed by atoms with Crippen LogP contribution in [0.25, 0.3) is 10.2 Å². The second-order valence-electron chi connectivity index (χ2n) is 7.40. The lowest BCUT2D eigenvalue weighted by Gasteiger charge is -2.36. The Labute approximate surface area is 186 Å². The van der Waals surface area contributed by atoms with Gasteiger partial charge in [-0.2, -0.15) is 0 Å². The second kappa shape index (κ2) is 7.94. The van der Waals surface area contributed by atoms with Crippen LogP contribution < -0.4 is 14.8 Å². The molecule has 0 bridgehead atoms. The van der Waals surface area contributed by atoms with Crippen LogP contribution in [0.15, 0.2) is 24.3 Å². The van der Waals surface area contributed by atoms with Crippen LogP contribution in [0.5, 0.6) is 11.5 Å². The Hall–Kier alpha value is -1.97. The molecule has 4 heterocycles. The van der Waals surface area contributed by atoms with E-state index in [2.05, 4.69) is 15.2 Å². The molecule has 2 N–H and O–H groups in total. The molecule has 2 aromatic heterocycles. The zero-order chi connectivity index (χ0) is 20.8. The van der Waals surface area contributed by atoms with Crippen molar-refractivity contribution in [3.63, 3.8) is 0 Å². The molecule has 2 aliphatic heterocycles. The fourth-order valence-corrected chi connectivity index (χ4v) is 5.26.